The zero-order valence-electron chi connectivity index (χ0n) is 11.1. The number of rotatable bonds is 3. The average molecular weight is 246 g/mol. The van der Waals surface area contributed by atoms with E-state index in [0.29, 0.717) is 11.7 Å². The van der Waals surface area contributed by atoms with Gasteiger partial charge in [-0.05, 0) is 38.1 Å². The fraction of sp³-hybridized carbons (Fsp3) is 0.385. The number of nitrogens with zero attached hydrogens (tertiary/aromatic N) is 3. The zero-order chi connectivity index (χ0) is 13.3. The predicted octanol–water partition coefficient (Wildman–Crippen LogP) is 2.00. The van der Waals surface area contributed by atoms with Gasteiger partial charge in [-0.1, -0.05) is 5.16 Å². The van der Waals surface area contributed by atoms with E-state index in [0.717, 1.165) is 11.3 Å². The topological polar surface area (TPSA) is 68.2 Å². The molecule has 5 nitrogen and oxygen atoms in total. The molecule has 0 amide bonds. The quantitative estimate of drug-likeness (QED) is 0.897. The maximum atomic E-state index is 5.92. The Morgan fingerprint density at radius 1 is 1.17 bits per heavy atom. The van der Waals surface area contributed by atoms with E-state index in [-0.39, 0.29) is 0 Å². The molecular weight excluding hydrogens is 228 g/mol. The number of benzene rings is 1. The van der Waals surface area contributed by atoms with E-state index >= 15 is 0 Å². The summed E-state index contributed by atoms with van der Waals surface area (Å²) in [6, 6.07) is 7.92. The van der Waals surface area contributed by atoms with Crippen molar-refractivity contribution in [1.29, 1.82) is 0 Å². The maximum Gasteiger partial charge on any atom is 0.257 e. The molecule has 0 saturated heterocycles. The minimum atomic E-state index is -0.592. The second-order valence-corrected chi connectivity index (χ2v) is 5.09. The first-order chi connectivity index (χ1) is 8.38. The van der Waals surface area contributed by atoms with Crippen LogP contribution in [0.1, 0.15) is 19.7 Å². The van der Waals surface area contributed by atoms with Crippen LogP contribution in [0.5, 0.6) is 0 Å². The van der Waals surface area contributed by atoms with Crippen molar-refractivity contribution >= 4 is 5.69 Å². The molecular formula is C13H18N4O. The van der Waals surface area contributed by atoms with Crippen LogP contribution in [0.25, 0.3) is 11.5 Å². The minimum absolute atomic E-state index is 0.494. The monoisotopic (exact) mass is 246 g/mol. The van der Waals surface area contributed by atoms with Crippen LogP contribution in [0.4, 0.5) is 5.69 Å². The van der Waals surface area contributed by atoms with E-state index in [1.807, 2.05) is 57.1 Å². The summed E-state index contributed by atoms with van der Waals surface area (Å²) < 4.78 is 5.22. The summed E-state index contributed by atoms with van der Waals surface area (Å²) >= 11 is 0. The van der Waals surface area contributed by atoms with E-state index in [1.54, 1.807) is 0 Å². The summed E-state index contributed by atoms with van der Waals surface area (Å²) in [7, 11) is 3.99. The van der Waals surface area contributed by atoms with Gasteiger partial charge in [0.05, 0.1) is 5.54 Å². The lowest BCUT2D eigenvalue weighted by Gasteiger charge is -2.12. The molecule has 0 aliphatic rings. The standard InChI is InChI=1S/C13H18N4O/c1-13(2,14)12-15-11(18-16-12)9-5-7-10(8-6-9)17(3)4/h5-8H,14H2,1-4H3. The van der Waals surface area contributed by atoms with Crippen molar-refractivity contribution in [3.8, 4) is 11.5 Å². The molecule has 2 rings (SSSR count). The molecule has 0 bridgehead atoms. The molecule has 1 heterocycles. The molecule has 5 heteroatoms. The SMILES string of the molecule is CN(C)c1ccc(-c2nc(C(C)(C)N)no2)cc1. The van der Waals surface area contributed by atoms with Crippen molar-refractivity contribution in [2.45, 2.75) is 19.4 Å². The van der Waals surface area contributed by atoms with Crippen molar-refractivity contribution in [1.82, 2.24) is 10.1 Å². The van der Waals surface area contributed by atoms with Gasteiger partial charge in [-0.3, -0.25) is 0 Å². The zero-order valence-corrected chi connectivity index (χ0v) is 11.1. The van der Waals surface area contributed by atoms with E-state index < -0.39 is 5.54 Å². The fourth-order valence-electron chi connectivity index (χ4n) is 1.50. The van der Waals surface area contributed by atoms with Crippen molar-refractivity contribution in [2.75, 3.05) is 19.0 Å². The largest absolute Gasteiger partial charge is 0.378 e. The van der Waals surface area contributed by atoms with Gasteiger partial charge in [0.2, 0.25) is 0 Å². The van der Waals surface area contributed by atoms with Gasteiger partial charge in [0.15, 0.2) is 5.82 Å². The lowest BCUT2D eigenvalue weighted by molar-refractivity contribution is 0.397. The highest BCUT2D eigenvalue weighted by atomic mass is 16.5. The second kappa shape index (κ2) is 4.42. The van der Waals surface area contributed by atoms with E-state index in [4.69, 9.17) is 10.3 Å². The first-order valence-electron chi connectivity index (χ1n) is 5.79. The predicted molar refractivity (Wildman–Crippen MR) is 71.3 cm³/mol. The molecule has 1 aromatic heterocycles. The van der Waals surface area contributed by atoms with E-state index in [2.05, 4.69) is 10.1 Å². The summed E-state index contributed by atoms with van der Waals surface area (Å²) in [5, 5.41) is 3.90. The van der Waals surface area contributed by atoms with Gasteiger partial charge < -0.3 is 15.2 Å². The Hall–Kier alpha value is -1.88. The third kappa shape index (κ3) is 2.51. The molecule has 18 heavy (non-hydrogen) atoms. The van der Waals surface area contributed by atoms with Crippen LogP contribution < -0.4 is 10.6 Å². The highest BCUT2D eigenvalue weighted by Gasteiger charge is 2.21. The van der Waals surface area contributed by atoms with Crippen LogP contribution in [0.15, 0.2) is 28.8 Å². The summed E-state index contributed by atoms with van der Waals surface area (Å²) in [5.41, 5.74) is 7.34. The van der Waals surface area contributed by atoms with Crippen LogP contribution in [0.2, 0.25) is 0 Å². The Balaban J connectivity index is 2.29. The van der Waals surface area contributed by atoms with Crippen molar-refractivity contribution in [3.05, 3.63) is 30.1 Å². The summed E-state index contributed by atoms with van der Waals surface area (Å²) in [4.78, 5) is 6.34. The van der Waals surface area contributed by atoms with Crippen molar-refractivity contribution in [2.24, 2.45) is 5.73 Å². The highest BCUT2D eigenvalue weighted by Crippen LogP contribution is 2.23. The van der Waals surface area contributed by atoms with Gasteiger partial charge in [0.25, 0.3) is 5.89 Å². The van der Waals surface area contributed by atoms with Crippen LogP contribution in [0.3, 0.4) is 0 Å². The molecule has 2 N–H and O–H groups in total. The highest BCUT2D eigenvalue weighted by molar-refractivity contribution is 5.58. The summed E-state index contributed by atoms with van der Waals surface area (Å²) in [5.74, 6) is 1.00. The number of hydrogen-bond acceptors (Lipinski definition) is 5. The van der Waals surface area contributed by atoms with Crippen LogP contribution in [0, 0.1) is 0 Å². The lowest BCUT2D eigenvalue weighted by Crippen LogP contribution is -2.30. The Morgan fingerprint density at radius 3 is 2.22 bits per heavy atom. The molecule has 2 aromatic rings. The summed E-state index contributed by atoms with van der Waals surface area (Å²) in [6.07, 6.45) is 0. The Morgan fingerprint density at radius 2 is 1.78 bits per heavy atom. The van der Waals surface area contributed by atoms with Gasteiger partial charge in [0.1, 0.15) is 0 Å². The molecule has 0 unspecified atom stereocenters. The number of anilines is 1. The molecule has 0 aliphatic heterocycles. The fourth-order valence-corrected chi connectivity index (χ4v) is 1.50. The molecule has 96 valence electrons. The van der Waals surface area contributed by atoms with Gasteiger partial charge in [-0.15, -0.1) is 0 Å². The first kappa shape index (κ1) is 12.6. The smallest absolute Gasteiger partial charge is 0.257 e. The van der Waals surface area contributed by atoms with Crippen LogP contribution >= 0.6 is 0 Å². The van der Waals surface area contributed by atoms with Crippen molar-refractivity contribution in [3.63, 3.8) is 0 Å². The maximum absolute atomic E-state index is 5.92. The molecule has 0 fully saturated rings. The first-order valence-corrected chi connectivity index (χ1v) is 5.79. The Kier molecular flexibility index (Phi) is 3.09. The van der Waals surface area contributed by atoms with E-state index in [9.17, 15) is 0 Å². The minimum Gasteiger partial charge on any atom is -0.378 e. The molecule has 1 aromatic carbocycles. The molecule has 0 aliphatic carbocycles. The van der Waals surface area contributed by atoms with Gasteiger partial charge in [-0.25, -0.2) is 0 Å². The molecule has 0 radical (unpaired) electrons. The lowest BCUT2D eigenvalue weighted by atomic mass is 10.1. The normalized spacial score (nSPS) is 11.6. The van der Waals surface area contributed by atoms with Crippen LogP contribution in [-0.4, -0.2) is 24.2 Å². The van der Waals surface area contributed by atoms with Crippen LogP contribution in [-0.2, 0) is 5.54 Å². The van der Waals surface area contributed by atoms with Crippen molar-refractivity contribution < 1.29 is 4.52 Å². The number of aromatic nitrogens is 2. The number of hydrogen-bond donors (Lipinski definition) is 1. The molecule has 0 atom stereocenters. The average Bonchev–Trinajstić information content (AvgIpc) is 2.78. The molecule has 0 spiro atoms. The van der Waals surface area contributed by atoms with E-state index in [1.165, 1.54) is 0 Å². The van der Waals surface area contributed by atoms with Gasteiger partial charge >= 0.3 is 0 Å². The third-order valence-electron chi connectivity index (χ3n) is 2.63. The number of nitrogens with two attached hydrogens (primary N) is 1. The van der Waals surface area contributed by atoms with Gasteiger partial charge in [0, 0.05) is 25.3 Å². The third-order valence-corrected chi connectivity index (χ3v) is 2.63. The Labute approximate surface area is 107 Å². The summed E-state index contributed by atoms with van der Waals surface area (Å²) in [6.45, 7) is 3.69. The Bertz CT molecular complexity index is 523. The van der Waals surface area contributed by atoms with Gasteiger partial charge in [-0.2, -0.15) is 4.98 Å². The molecule has 0 saturated carbocycles. The second-order valence-electron chi connectivity index (χ2n) is 5.09.